The van der Waals surface area contributed by atoms with Crippen molar-refractivity contribution in [2.75, 3.05) is 11.9 Å². The molecule has 0 aliphatic rings. The summed E-state index contributed by atoms with van der Waals surface area (Å²) in [5.74, 6) is 0.156. The number of unbranched alkanes of at least 4 members (excludes halogenated alkanes) is 1. The zero-order valence-electron chi connectivity index (χ0n) is 17.0. The molecule has 1 N–H and O–H groups in total. The molecule has 0 bridgehead atoms. The van der Waals surface area contributed by atoms with E-state index >= 15 is 0 Å². The van der Waals surface area contributed by atoms with Gasteiger partial charge in [0.1, 0.15) is 5.76 Å². The molecule has 0 fully saturated rings. The van der Waals surface area contributed by atoms with Gasteiger partial charge in [0.05, 0.1) is 12.2 Å². The Morgan fingerprint density at radius 3 is 2.41 bits per heavy atom. The van der Waals surface area contributed by atoms with Crippen LogP contribution in [-0.4, -0.2) is 18.5 Å². The van der Waals surface area contributed by atoms with E-state index in [1.54, 1.807) is 36.4 Å². The number of amides is 1. The Morgan fingerprint density at radius 1 is 0.966 bits per heavy atom. The summed E-state index contributed by atoms with van der Waals surface area (Å²) < 4.78 is 10.9. The van der Waals surface area contributed by atoms with Crippen LogP contribution in [0.4, 0.5) is 5.69 Å². The minimum absolute atomic E-state index is 0.223. The van der Waals surface area contributed by atoms with Crippen LogP contribution in [0, 0.1) is 13.8 Å². The zero-order chi connectivity index (χ0) is 20.8. The van der Waals surface area contributed by atoms with Gasteiger partial charge in [-0.25, -0.2) is 4.79 Å². The molecule has 3 rings (SSSR count). The molecule has 5 nitrogen and oxygen atoms in total. The van der Waals surface area contributed by atoms with E-state index in [1.165, 1.54) is 11.1 Å². The van der Waals surface area contributed by atoms with Crippen molar-refractivity contribution in [3.05, 3.63) is 77.0 Å². The number of nitrogens with one attached hydrogen (secondary N) is 1. The number of rotatable bonds is 7. The monoisotopic (exact) mass is 391 g/mol. The molecular formula is C24H25NO4. The van der Waals surface area contributed by atoms with Crippen LogP contribution in [0.25, 0.3) is 11.3 Å². The van der Waals surface area contributed by atoms with E-state index < -0.39 is 0 Å². The molecule has 1 amide bonds. The fraction of sp³-hybridized carbons (Fsp3) is 0.250. The van der Waals surface area contributed by atoms with Crippen molar-refractivity contribution in [3.63, 3.8) is 0 Å². The molecule has 0 spiro atoms. The Kier molecular flexibility index (Phi) is 6.50. The van der Waals surface area contributed by atoms with Crippen molar-refractivity contribution < 1.29 is 18.7 Å². The Balaban J connectivity index is 1.64. The average Bonchev–Trinajstić information content (AvgIpc) is 3.21. The molecule has 0 saturated heterocycles. The molecule has 0 aliphatic heterocycles. The zero-order valence-corrected chi connectivity index (χ0v) is 17.0. The molecule has 0 unspecified atom stereocenters. The molecule has 3 aromatic rings. The number of hydrogen-bond donors (Lipinski definition) is 1. The third-order valence-electron chi connectivity index (χ3n) is 4.73. The molecule has 5 heteroatoms. The Hall–Kier alpha value is -3.34. The van der Waals surface area contributed by atoms with Gasteiger partial charge in [-0.05, 0) is 73.9 Å². The summed E-state index contributed by atoms with van der Waals surface area (Å²) in [6, 6.07) is 16.1. The highest BCUT2D eigenvalue weighted by Crippen LogP contribution is 2.25. The number of carbonyl (C=O) groups excluding carboxylic acids is 2. The maximum atomic E-state index is 12.5. The van der Waals surface area contributed by atoms with E-state index in [4.69, 9.17) is 9.15 Å². The van der Waals surface area contributed by atoms with Crippen LogP contribution >= 0.6 is 0 Å². The first-order valence-corrected chi connectivity index (χ1v) is 9.74. The second kappa shape index (κ2) is 9.24. The molecule has 150 valence electrons. The van der Waals surface area contributed by atoms with E-state index in [0.29, 0.717) is 23.6 Å². The Bertz CT molecular complexity index is 1000. The smallest absolute Gasteiger partial charge is 0.338 e. The van der Waals surface area contributed by atoms with Gasteiger partial charge in [0.25, 0.3) is 5.91 Å². The molecule has 1 aromatic heterocycles. The van der Waals surface area contributed by atoms with Crippen LogP contribution < -0.4 is 5.32 Å². The van der Waals surface area contributed by atoms with Crippen LogP contribution in [0.5, 0.6) is 0 Å². The van der Waals surface area contributed by atoms with Crippen molar-refractivity contribution >= 4 is 17.6 Å². The molecule has 0 saturated carbocycles. The molecule has 0 aliphatic carbocycles. The highest BCUT2D eigenvalue weighted by atomic mass is 16.5. The summed E-state index contributed by atoms with van der Waals surface area (Å²) in [6.45, 7) is 6.54. The van der Waals surface area contributed by atoms with Gasteiger partial charge >= 0.3 is 5.97 Å². The second-order valence-electron chi connectivity index (χ2n) is 6.98. The standard InChI is InChI=1S/C24H25NO4/c1-4-5-14-28-24(27)18-8-10-20(11-9-18)25-23(26)22-13-12-21(29-22)19-7-6-16(2)17(3)15-19/h6-13,15H,4-5,14H2,1-3H3,(H,25,26). The van der Waals surface area contributed by atoms with Crippen LogP contribution in [0.1, 0.15) is 51.8 Å². The second-order valence-corrected chi connectivity index (χ2v) is 6.98. The van der Waals surface area contributed by atoms with E-state index in [1.807, 2.05) is 32.0 Å². The molecule has 0 radical (unpaired) electrons. The van der Waals surface area contributed by atoms with Crippen LogP contribution in [-0.2, 0) is 4.74 Å². The van der Waals surface area contributed by atoms with Gasteiger partial charge < -0.3 is 14.5 Å². The molecule has 29 heavy (non-hydrogen) atoms. The fourth-order valence-corrected chi connectivity index (χ4v) is 2.78. The SMILES string of the molecule is CCCCOC(=O)c1ccc(NC(=O)c2ccc(-c3ccc(C)c(C)c3)o2)cc1. The molecule has 1 heterocycles. The predicted molar refractivity (Wildman–Crippen MR) is 113 cm³/mol. The number of furan rings is 1. The highest BCUT2D eigenvalue weighted by Gasteiger charge is 2.14. The minimum Gasteiger partial charge on any atom is -0.462 e. The number of anilines is 1. The number of ether oxygens (including phenoxy) is 1. The number of esters is 1. The van der Waals surface area contributed by atoms with Crippen LogP contribution in [0.2, 0.25) is 0 Å². The summed E-state index contributed by atoms with van der Waals surface area (Å²) in [5, 5.41) is 2.78. The third kappa shape index (κ3) is 5.13. The number of hydrogen-bond acceptors (Lipinski definition) is 4. The van der Waals surface area contributed by atoms with Gasteiger partial charge in [-0.3, -0.25) is 4.79 Å². The topological polar surface area (TPSA) is 68.5 Å². The van der Waals surface area contributed by atoms with E-state index in [2.05, 4.69) is 12.2 Å². The number of benzene rings is 2. The Labute approximate surface area is 170 Å². The minimum atomic E-state index is -0.361. The maximum Gasteiger partial charge on any atom is 0.338 e. The Morgan fingerprint density at radius 2 is 1.72 bits per heavy atom. The van der Waals surface area contributed by atoms with E-state index in [-0.39, 0.29) is 17.6 Å². The lowest BCUT2D eigenvalue weighted by molar-refractivity contribution is 0.0499. The largest absolute Gasteiger partial charge is 0.462 e. The number of carbonyl (C=O) groups is 2. The summed E-state index contributed by atoms with van der Waals surface area (Å²) >= 11 is 0. The summed E-state index contributed by atoms with van der Waals surface area (Å²) in [4.78, 5) is 24.4. The summed E-state index contributed by atoms with van der Waals surface area (Å²) in [7, 11) is 0. The van der Waals surface area contributed by atoms with Gasteiger partial charge in [0, 0.05) is 11.3 Å². The fourth-order valence-electron chi connectivity index (χ4n) is 2.78. The predicted octanol–water partition coefficient (Wildman–Crippen LogP) is 5.77. The summed E-state index contributed by atoms with van der Waals surface area (Å²) in [6.07, 6.45) is 1.81. The van der Waals surface area contributed by atoms with Crippen LogP contribution in [0.15, 0.2) is 59.0 Å². The lowest BCUT2D eigenvalue weighted by atomic mass is 10.1. The van der Waals surface area contributed by atoms with Gasteiger partial charge in [0.15, 0.2) is 5.76 Å². The van der Waals surface area contributed by atoms with E-state index in [9.17, 15) is 9.59 Å². The first-order chi connectivity index (χ1) is 14.0. The maximum absolute atomic E-state index is 12.5. The van der Waals surface area contributed by atoms with Crippen molar-refractivity contribution in [1.82, 2.24) is 0 Å². The van der Waals surface area contributed by atoms with Gasteiger partial charge in [-0.1, -0.05) is 25.5 Å². The van der Waals surface area contributed by atoms with Crippen LogP contribution in [0.3, 0.4) is 0 Å². The van der Waals surface area contributed by atoms with Crippen molar-refractivity contribution in [3.8, 4) is 11.3 Å². The van der Waals surface area contributed by atoms with Gasteiger partial charge in [0.2, 0.25) is 0 Å². The quantitative estimate of drug-likeness (QED) is 0.410. The van der Waals surface area contributed by atoms with Crippen molar-refractivity contribution in [1.29, 1.82) is 0 Å². The highest BCUT2D eigenvalue weighted by molar-refractivity contribution is 6.02. The molecular weight excluding hydrogens is 366 g/mol. The first-order valence-electron chi connectivity index (χ1n) is 9.74. The van der Waals surface area contributed by atoms with Crippen molar-refractivity contribution in [2.45, 2.75) is 33.6 Å². The van der Waals surface area contributed by atoms with E-state index in [0.717, 1.165) is 18.4 Å². The summed E-state index contributed by atoms with van der Waals surface area (Å²) in [5.41, 5.74) is 4.32. The molecule has 2 aromatic carbocycles. The molecule has 0 atom stereocenters. The third-order valence-corrected chi connectivity index (χ3v) is 4.73. The lowest BCUT2D eigenvalue weighted by Gasteiger charge is -2.06. The van der Waals surface area contributed by atoms with Gasteiger partial charge in [-0.15, -0.1) is 0 Å². The van der Waals surface area contributed by atoms with Crippen molar-refractivity contribution in [2.24, 2.45) is 0 Å². The average molecular weight is 391 g/mol. The lowest BCUT2D eigenvalue weighted by Crippen LogP contribution is -2.11. The first kappa shape index (κ1) is 20.4. The van der Waals surface area contributed by atoms with Gasteiger partial charge in [-0.2, -0.15) is 0 Å². The number of aryl methyl sites for hydroxylation is 2. The normalized spacial score (nSPS) is 10.6.